The lowest BCUT2D eigenvalue weighted by Crippen LogP contribution is -2.28. The predicted molar refractivity (Wildman–Crippen MR) is 548 cm³/mol. The molecule has 0 spiro atoms. The molecule has 0 amide bonds. The lowest BCUT2D eigenvalue weighted by atomic mass is 10.1. The van der Waals surface area contributed by atoms with Crippen LogP contribution in [0.15, 0.2) is 212 Å². The lowest BCUT2D eigenvalue weighted by molar-refractivity contribution is -0.143. The Labute approximate surface area is 883 Å². The highest BCUT2D eigenvalue weighted by molar-refractivity contribution is 14.1. The number of phenols is 3. The number of nitrogens with zero attached hydrogens (tertiary/aromatic N) is 2. The van der Waals surface area contributed by atoms with Crippen LogP contribution in [-0.4, -0.2) is 115 Å². The molecule has 11 aromatic carbocycles. The zero-order valence-electron chi connectivity index (χ0n) is 73.8. The maximum absolute atomic E-state index is 13.4. The molecule has 11 rings (SSSR count). The fourth-order valence-corrected chi connectivity index (χ4v) is 12.4. The molecule has 0 aliphatic carbocycles. The number of aromatic hydroxyl groups is 3. The Morgan fingerprint density at radius 3 is 1.14 bits per heavy atom. The van der Waals surface area contributed by atoms with Crippen LogP contribution in [0.2, 0.25) is 0 Å². The van der Waals surface area contributed by atoms with Gasteiger partial charge >= 0.3 is 57.4 Å². The van der Waals surface area contributed by atoms with E-state index < -0.39 is 97.4 Å². The van der Waals surface area contributed by atoms with Crippen LogP contribution in [0.25, 0.3) is 0 Å². The van der Waals surface area contributed by atoms with Crippen LogP contribution in [0.1, 0.15) is 116 Å². The Bertz CT molecular complexity index is 6100. The molecule has 0 aliphatic heterocycles. The molecule has 0 fully saturated rings. The van der Waals surface area contributed by atoms with Gasteiger partial charge in [-0.05, 0) is 344 Å². The summed E-state index contributed by atoms with van der Waals surface area (Å²) in [6.07, 6.45) is 10.2. The normalized spacial score (nSPS) is 9.74. The number of hydrogen-bond acceptors (Lipinski definition) is 20. The number of nitriles is 2. The van der Waals surface area contributed by atoms with E-state index in [1.54, 1.807) is 77.1 Å². The van der Waals surface area contributed by atoms with Crippen molar-refractivity contribution in [3.05, 3.63) is 353 Å². The average Bonchev–Trinajstić information content (AvgIpc) is 0.807. The van der Waals surface area contributed by atoms with Gasteiger partial charge in [0.05, 0.1) is 94.0 Å². The molecule has 22 nitrogen and oxygen atoms in total. The fourth-order valence-electron chi connectivity index (χ4n) is 8.99. The van der Waals surface area contributed by atoms with Crippen molar-refractivity contribution in [3.63, 3.8) is 0 Å². The Morgan fingerprint density at radius 1 is 0.424 bits per heavy atom. The number of ether oxygens (including phenoxy) is 5. The molecule has 0 unspecified atom stereocenters. The number of methoxy groups -OCH3 is 1. The van der Waals surface area contributed by atoms with Crippen molar-refractivity contribution in [1.29, 1.82) is 10.5 Å². The van der Waals surface area contributed by atoms with E-state index in [9.17, 15) is 94.7 Å². The third-order valence-corrected chi connectivity index (χ3v) is 21.2. The second-order valence-corrected chi connectivity index (χ2v) is 35.4. The van der Waals surface area contributed by atoms with Crippen molar-refractivity contribution in [2.45, 2.75) is 84.5 Å². The molecule has 0 saturated carbocycles. The Morgan fingerprint density at radius 2 is 0.784 bits per heavy atom. The summed E-state index contributed by atoms with van der Waals surface area (Å²) in [5.41, 5.74) is -2.07. The van der Waals surface area contributed by atoms with Crippen molar-refractivity contribution in [1.82, 2.24) is 0 Å². The number of halogens is 19. The second-order valence-electron chi connectivity index (χ2n) is 25.8. The maximum atomic E-state index is 13.4. The molecular weight excluding hydrogens is 2610 g/mol. The summed E-state index contributed by atoms with van der Waals surface area (Å²) < 4.78 is 206. The summed E-state index contributed by atoms with van der Waals surface area (Å²) in [5, 5.41) is 60.2. The molecule has 0 aromatic heterocycles. The Hall–Kier alpha value is -11.0. The number of carbonyl (C=O) groups is 7. The number of aromatic carboxylic acids is 1. The van der Waals surface area contributed by atoms with Gasteiger partial charge in [0.15, 0.2) is 0 Å². The standard InChI is InChI=1S/C11H9FO2.C10H8F4O5S.C10H10FIO2.C10H11FO3.C9H9IO2.C8H5FIN.C8H7IO2.C7H5BrFI.C7H6FI.C7H4FNO.C7H5FO3.C3H4/c1-3-8-5-6-9(10(12)7-8)11(13)14-4-2;1-2-18-9(15)7-4-3-6(5-8(7)11)19-20(16,17)10(12,13)14;2*1-2-14-10(13)5-7-3-4-8(12)6-9(7)11;1-12-9(11)6-7-2-4-8(10)5-3-7;9-8-5-7(10)2-1-6(8)3-4-11;9-7-3-1-6(2-4-7)5-8(10)11;8-4-5-1-2-6(10)3-7(5)9;1-5-2-3-6(9)4-7(5)8;8-7-3-6(10)2-1-5(7)4-9;8-6-3-4(9)1-2-5(6)7(10)11;1-3-2/h1,5-7H,4H2,2H3;3-5H,2H2,1H3;3-4,6H,2,5H2,1H3;3-4,6,12H,2,5H2,1H3;2-5H,6H2,1H3;1-2,5H,3H2;1-4H,5H2,(H,10,11);1-3H,4H2;2-4H,1H3;1-3,10H;1-3,9H,(H,10,11);1H,2H3. The number of benzene rings is 11. The van der Waals surface area contributed by atoms with E-state index in [0.717, 1.165) is 71.4 Å². The smallest absolute Gasteiger partial charge is 0.508 e. The van der Waals surface area contributed by atoms with Crippen molar-refractivity contribution in [2.24, 2.45) is 0 Å². The molecule has 0 saturated heterocycles. The number of alkyl halides is 4. The molecule has 0 atom stereocenters. The van der Waals surface area contributed by atoms with Gasteiger partial charge in [-0.25, -0.2) is 53.9 Å². The molecule has 0 radical (unpaired) electrons. The number of carboxylic acid groups (broad SMARTS) is 2. The summed E-state index contributed by atoms with van der Waals surface area (Å²) in [6, 6.07) is 54.5. The van der Waals surface area contributed by atoms with Gasteiger partial charge in [0.25, 0.3) is 0 Å². The zero-order chi connectivity index (χ0) is 106. The van der Waals surface area contributed by atoms with Crippen LogP contribution in [-0.2, 0) is 90.4 Å². The van der Waals surface area contributed by atoms with Crippen molar-refractivity contribution in [2.75, 3.05) is 33.5 Å². The lowest BCUT2D eigenvalue weighted by Gasteiger charge is -2.10. The van der Waals surface area contributed by atoms with Crippen LogP contribution in [0.5, 0.6) is 23.0 Å². The number of aliphatic carboxylic acids is 1. The van der Waals surface area contributed by atoms with Crippen molar-refractivity contribution < 1.29 is 148 Å². The van der Waals surface area contributed by atoms with Crippen LogP contribution in [0, 0.1) is 128 Å². The summed E-state index contributed by atoms with van der Waals surface area (Å²) in [6.45, 7) is 10.7. The molecule has 5 N–H and O–H groups in total. The Balaban J connectivity index is 0.00000151. The van der Waals surface area contributed by atoms with Gasteiger partial charge in [-0.1, -0.05) is 76.4 Å². The second kappa shape index (κ2) is 69.7. The van der Waals surface area contributed by atoms with E-state index in [1.165, 1.54) is 78.3 Å². The first-order valence-electron chi connectivity index (χ1n) is 39.0. The monoisotopic (exact) mass is 2700 g/mol. The molecule has 0 aliphatic rings. The van der Waals surface area contributed by atoms with Crippen molar-refractivity contribution in [3.8, 4) is 59.8 Å². The SMILES string of the molecule is C#CC.C#Cc1ccc(C(=O)OCC)c(F)c1.CCOC(=O)Cc1ccc(I)cc1F.CCOC(=O)Cc1ccc(O)cc1F.CCOC(=O)c1ccc(OS(=O)(=O)C(F)(F)F)cc1F.COC(=O)Cc1ccc(I)cc1.Cc1ccc(I)cc1F.Fc1cc(I)ccc1CBr.N#CCc1ccc(I)cc1F.N#Cc1ccc(O)cc1F.O=C(O)Cc1ccc(I)cc1.O=C(O)c1ccc(O)cc1F. The number of phenolic OH excluding ortho intramolecular Hbond substituents is 3. The minimum atomic E-state index is -5.89. The number of esters is 5. The quantitative estimate of drug-likeness (QED) is 0.00733. The van der Waals surface area contributed by atoms with Gasteiger partial charge < -0.3 is 53.4 Å². The van der Waals surface area contributed by atoms with Gasteiger partial charge in [-0.2, -0.15) is 32.1 Å². The summed E-state index contributed by atoms with van der Waals surface area (Å²) in [5.74, 6) is -6.95. The minimum Gasteiger partial charge on any atom is -0.508 e. The third-order valence-electron chi connectivity index (χ3n) is 15.5. The van der Waals surface area contributed by atoms with E-state index in [4.69, 9.17) is 47.2 Å². The number of carbonyl (C=O) groups excluding carboxylic acids is 5. The van der Waals surface area contributed by atoms with Gasteiger partial charge in [0.1, 0.15) is 81.4 Å². The topological polar surface area (TPSA) is 358 Å². The number of terminal acetylenes is 2. The fraction of sp³-hybridized carbons (Fsp3) is 0.186. The summed E-state index contributed by atoms with van der Waals surface area (Å²) in [7, 11) is -4.50. The molecule has 139 heavy (non-hydrogen) atoms. The first kappa shape index (κ1) is 128. The van der Waals surface area contributed by atoms with Gasteiger partial charge in [0.2, 0.25) is 0 Å². The van der Waals surface area contributed by atoms with Crippen LogP contribution in [0.3, 0.4) is 0 Å². The summed E-state index contributed by atoms with van der Waals surface area (Å²) >= 11 is 15.8. The molecular formula is C97H83BrF12I6N2O20S. The Kier molecular flexibility index (Phi) is 64.2. The highest BCUT2D eigenvalue weighted by Gasteiger charge is 2.48. The highest BCUT2D eigenvalue weighted by atomic mass is 127. The number of hydrogen-bond donors (Lipinski definition) is 5. The van der Waals surface area contributed by atoms with E-state index in [-0.39, 0.29) is 109 Å². The largest absolute Gasteiger partial charge is 0.534 e. The number of rotatable bonds is 19. The van der Waals surface area contributed by atoms with Gasteiger partial charge in [-0.15, -0.1) is 18.8 Å². The summed E-state index contributed by atoms with van der Waals surface area (Å²) in [4.78, 5) is 75.7. The third kappa shape index (κ3) is 54.4. The maximum Gasteiger partial charge on any atom is 0.534 e. The first-order valence-corrected chi connectivity index (χ1v) is 48.0. The number of carboxylic acids is 2. The average molecular weight is 2700 g/mol. The molecule has 740 valence electrons. The van der Waals surface area contributed by atoms with E-state index in [2.05, 4.69) is 148 Å². The van der Waals surface area contributed by atoms with Crippen LogP contribution in [0.4, 0.5) is 52.7 Å². The van der Waals surface area contributed by atoms with Gasteiger partial charge in [0, 0.05) is 62.1 Å². The predicted octanol–water partition coefficient (Wildman–Crippen LogP) is 24.1. The molecule has 0 bridgehead atoms. The first-order chi connectivity index (χ1) is 65.4. The van der Waals surface area contributed by atoms with Crippen molar-refractivity contribution >= 4 is 203 Å². The molecule has 11 aromatic rings. The minimum absolute atomic E-state index is 0.00338. The van der Waals surface area contributed by atoms with E-state index in [1.807, 2.05) is 112 Å². The van der Waals surface area contributed by atoms with E-state index in [0.29, 0.717) is 58.3 Å². The van der Waals surface area contributed by atoms with E-state index >= 15 is 0 Å². The van der Waals surface area contributed by atoms with Gasteiger partial charge in [-0.3, -0.25) is 19.2 Å². The zero-order valence-corrected chi connectivity index (χ0v) is 89.1. The molecule has 0 heterocycles. The highest BCUT2D eigenvalue weighted by Crippen LogP contribution is 2.29. The van der Waals surface area contributed by atoms with Crippen LogP contribution < -0.4 is 4.18 Å². The van der Waals surface area contributed by atoms with Crippen LogP contribution >= 0.6 is 151 Å². The number of aryl methyl sites for hydroxylation is 1. The molecule has 42 heteroatoms.